The second-order valence-corrected chi connectivity index (χ2v) is 6.43. The first kappa shape index (κ1) is 18.1. The van der Waals surface area contributed by atoms with E-state index in [9.17, 15) is 4.39 Å². The minimum atomic E-state index is -0.280. The Morgan fingerprint density at radius 2 is 1.81 bits per heavy atom. The molecular formula is C21H17BrFNO2. The maximum atomic E-state index is 13.8. The molecule has 0 unspecified atom stereocenters. The molecule has 3 nitrogen and oxygen atoms in total. The summed E-state index contributed by atoms with van der Waals surface area (Å²) in [6.45, 7) is 0.150. The molecule has 0 spiro atoms. The maximum Gasteiger partial charge on any atom is 0.129 e. The standard InChI is InChI=1S/C21H17BrFNO2/c1-25-19-9-7-18(8-10-19)24-13-16-12-17(22)6-11-21(16)26-14-15-4-2-3-5-20(15)23/h2-13H,14H2,1H3. The zero-order valence-corrected chi connectivity index (χ0v) is 15.7. The van der Waals surface area contributed by atoms with Gasteiger partial charge in [0.15, 0.2) is 0 Å². The van der Waals surface area contributed by atoms with Gasteiger partial charge in [-0.05, 0) is 48.5 Å². The van der Waals surface area contributed by atoms with Crippen LogP contribution in [0.15, 0.2) is 76.2 Å². The predicted molar refractivity (Wildman–Crippen MR) is 105 cm³/mol. The molecule has 0 amide bonds. The minimum Gasteiger partial charge on any atom is -0.497 e. The van der Waals surface area contributed by atoms with E-state index in [1.807, 2.05) is 42.5 Å². The van der Waals surface area contributed by atoms with Gasteiger partial charge in [-0.1, -0.05) is 34.1 Å². The van der Waals surface area contributed by atoms with Gasteiger partial charge in [-0.15, -0.1) is 0 Å². The van der Waals surface area contributed by atoms with Gasteiger partial charge in [-0.3, -0.25) is 4.99 Å². The lowest BCUT2D eigenvalue weighted by atomic mass is 10.2. The normalized spacial score (nSPS) is 10.9. The molecule has 0 radical (unpaired) electrons. The van der Waals surface area contributed by atoms with E-state index in [1.165, 1.54) is 6.07 Å². The van der Waals surface area contributed by atoms with Crippen LogP contribution in [0.1, 0.15) is 11.1 Å². The van der Waals surface area contributed by atoms with Gasteiger partial charge in [-0.25, -0.2) is 4.39 Å². The van der Waals surface area contributed by atoms with E-state index in [0.29, 0.717) is 11.3 Å². The Labute approximate surface area is 160 Å². The fourth-order valence-corrected chi connectivity index (χ4v) is 2.71. The van der Waals surface area contributed by atoms with Crippen molar-refractivity contribution in [3.8, 4) is 11.5 Å². The van der Waals surface area contributed by atoms with Crippen LogP contribution in [0.25, 0.3) is 0 Å². The quantitative estimate of drug-likeness (QED) is 0.469. The molecule has 0 aliphatic carbocycles. The van der Waals surface area contributed by atoms with E-state index < -0.39 is 0 Å². The topological polar surface area (TPSA) is 30.8 Å². The average molecular weight is 414 g/mol. The summed E-state index contributed by atoms with van der Waals surface area (Å²) in [6, 6.07) is 19.6. The van der Waals surface area contributed by atoms with Crippen LogP contribution in [0.3, 0.4) is 0 Å². The summed E-state index contributed by atoms with van der Waals surface area (Å²) in [5.74, 6) is 1.13. The van der Waals surface area contributed by atoms with Crippen molar-refractivity contribution in [1.82, 2.24) is 0 Å². The Balaban J connectivity index is 1.79. The fraction of sp³-hybridized carbons (Fsp3) is 0.0952. The van der Waals surface area contributed by atoms with Gasteiger partial charge in [0.2, 0.25) is 0 Å². The van der Waals surface area contributed by atoms with Crippen molar-refractivity contribution < 1.29 is 13.9 Å². The first-order valence-corrected chi connectivity index (χ1v) is 8.79. The molecule has 0 saturated carbocycles. The number of rotatable bonds is 6. The Morgan fingerprint density at radius 1 is 1.04 bits per heavy atom. The first-order chi connectivity index (χ1) is 12.7. The predicted octanol–water partition coefficient (Wildman–Crippen LogP) is 5.93. The molecule has 0 atom stereocenters. The highest BCUT2D eigenvalue weighted by Gasteiger charge is 2.06. The van der Waals surface area contributed by atoms with Crippen molar-refractivity contribution >= 4 is 27.8 Å². The highest BCUT2D eigenvalue weighted by Crippen LogP contribution is 2.24. The SMILES string of the molecule is COc1ccc(N=Cc2cc(Br)ccc2OCc2ccccc2F)cc1. The summed E-state index contributed by atoms with van der Waals surface area (Å²) < 4.78 is 25.6. The number of methoxy groups -OCH3 is 1. The summed E-state index contributed by atoms with van der Waals surface area (Å²) in [5, 5.41) is 0. The smallest absolute Gasteiger partial charge is 0.129 e. The zero-order valence-electron chi connectivity index (χ0n) is 14.2. The van der Waals surface area contributed by atoms with Crippen LogP contribution in [0, 0.1) is 5.82 Å². The Hall–Kier alpha value is -2.66. The number of hydrogen-bond donors (Lipinski definition) is 0. The molecule has 0 aromatic heterocycles. The molecule has 0 aliphatic heterocycles. The van der Waals surface area contributed by atoms with Gasteiger partial charge in [0.05, 0.1) is 12.8 Å². The van der Waals surface area contributed by atoms with Gasteiger partial charge in [0.1, 0.15) is 23.9 Å². The molecule has 0 heterocycles. The van der Waals surface area contributed by atoms with Gasteiger partial charge < -0.3 is 9.47 Å². The summed E-state index contributed by atoms with van der Waals surface area (Å²) in [5.41, 5.74) is 2.10. The van der Waals surface area contributed by atoms with E-state index in [2.05, 4.69) is 20.9 Å². The van der Waals surface area contributed by atoms with Crippen LogP contribution in [0.5, 0.6) is 11.5 Å². The number of aliphatic imine (C=N–C) groups is 1. The highest BCUT2D eigenvalue weighted by molar-refractivity contribution is 9.10. The lowest BCUT2D eigenvalue weighted by Crippen LogP contribution is -2.00. The lowest BCUT2D eigenvalue weighted by Gasteiger charge is -2.10. The van der Waals surface area contributed by atoms with Gasteiger partial charge in [0, 0.05) is 21.8 Å². The Bertz CT molecular complexity index is 910. The monoisotopic (exact) mass is 413 g/mol. The number of ether oxygens (including phenoxy) is 2. The first-order valence-electron chi connectivity index (χ1n) is 7.99. The molecule has 0 N–H and O–H groups in total. The van der Waals surface area contributed by atoms with Crippen molar-refractivity contribution in [2.75, 3.05) is 7.11 Å². The van der Waals surface area contributed by atoms with E-state index in [4.69, 9.17) is 9.47 Å². The number of halogens is 2. The van der Waals surface area contributed by atoms with Crippen molar-refractivity contribution in [2.24, 2.45) is 4.99 Å². The minimum absolute atomic E-state index is 0.150. The van der Waals surface area contributed by atoms with Crippen molar-refractivity contribution in [3.63, 3.8) is 0 Å². The van der Waals surface area contributed by atoms with Crippen LogP contribution < -0.4 is 9.47 Å². The maximum absolute atomic E-state index is 13.8. The molecule has 132 valence electrons. The van der Waals surface area contributed by atoms with Crippen LogP contribution in [-0.4, -0.2) is 13.3 Å². The molecule has 0 aliphatic rings. The summed E-state index contributed by atoms with van der Waals surface area (Å²) >= 11 is 3.46. The third kappa shape index (κ3) is 4.70. The van der Waals surface area contributed by atoms with E-state index >= 15 is 0 Å². The van der Waals surface area contributed by atoms with Gasteiger partial charge in [-0.2, -0.15) is 0 Å². The molecular weight excluding hydrogens is 397 g/mol. The summed E-state index contributed by atoms with van der Waals surface area (Å²) in [7, 11) is 1.62. The molecule has 0 bridgehead atoms. The highest BCUT2D eigenvalue weighted by atomic mass is 79.9. The second-order valence-electron chi connectivity index (χ2n) is 5.52. The number of benzene rings is 3. The molecule has 3 aromatic rings. The summed E-state index contributed by atoms with van der Waals surface area (Å²) in [6.07, 6.45) is 1.73. The number of nitrogens with zero attached hydrogens (tertiary/aromatic N) is 1. The molecule has 0 saturated heterocycles. The molecule has 3 rings (SSSR count). The van der Waals surface area contributed by atoms with Crippen LogP contribution in [0.2, 0.25) is 0 Å². The largest absolute Gasteiger partial charge is 0.497 e. The molecule has 0 fully saturated rings. The molecule has 5 heteroatoms. The zero-order chi connectivity index (χ0) is 18.4. The van der Waals surface area contributed by atoms with Crippen LogP contribution in [-0.2, 0) is 6.61 Å². The van der Waals surface area contributed by atoms with E-state index in [1.54, 1.807) is 31.5 Å². The second kappa shape index (κ2) is 8.63. The van der Waals surface area contributed by atoms with Crippen molar-refractivity contribution in [2.45, 2.75) is 6.61 Å². The van der Waals surface area contributed by atoms with E-state index in [0.717, 1.165) is 21.5 Å². The molecule has 26 heavy (non-hydrogen) atoms. The van der Waals surface area contributed by atoms with Crippen molar-refractivity contribution in [3.05, 3.63) is 88.1 Å². The van der Waals surface area contributed by atoms with E-state index in [-0.39, 0.29) is 12.4 Å². The Morgan fingerprint density at radius 3 is 2.54 bits per heavy atom. The van der Waals surface area contributed by atoms with Gasteiger partial charge >= 0.3 is 0 Å². The number of hydrogen-bond acceptors (Lipinski definition) is 3. The molecule has 3 aromatic carbocycles. The van der Waals surface area contributed by atoms with Crippen LogP contribution >= 0.6 is 15.9 Å². The lowest BCUT2D eigenvalue weighted by molar-refractivity contribution is 0.299. The van der Waals surface area contributed by atoms with Gasteiger partial charge in [0.25, 0.3) is 0 Å². The third-order valence-corrected chi connectivity index (χ3v) is 4.23. The van der Waals surface area contributed by atoms with Crippen LogP contribution in [0.4, 0.5) is 10.1 Å². The average Bonchev–Trinajstić information content (AvgIpc) is 2.67. The fourth-order valence-electron chi connectivity index (χ4n) is 2.33. The van der Waals surface area contributed by atoms with Crippen molar-refractivity contribution in [1.29, 1.82) is 0 Å². The Kier molecular flexibility index (Phi) is 6.02. The third-order valence-electron chi connectivity index (χ3n) is 3.74. The summed E-state index contributed by atoms with van der Waals surface area (Å²) in [4.78, 5) is 4.47.